The largest absolute Gasteiger partial charge is 0.375 e. The molecule has 2 aromatic heterocycles. The maximum absolute atomic E-state index is 9.04. The van der Waals surface area contributed by atoms with Crippen LogP contribution in [0.4, 0.5) is 0 Å². The van der Waals surface area contributed by atoms with Gasteiger partial charge in [-0.15, -0.1) is 0 Å². The van der Waals surface area contributed by atoms with E-state index in [4.69, 9.17) is 15.0 Å². The zero-order chi connectivity index (χ0) is 19.3. The van der Waals surface area contributed by atoms with Crippen molar-refractivity contribution in [1.29, 1.82) is 5.26 Å². The fourth-order valence-electron chi connectivity index (χ4n) is 5.00. The number of nitrogens with one attached hydrogen (secondary N) is 1. The van der Waals surface area contributed by atoms with Gasteiger partial charge in [-0.2, -0.15) is 5.26 Å². The van der Waals surface area contributed by atoms with Gasteiger partial charge in [0.25, 0.3) is 0 Å². The van der Waals surface area contributed by atoms with Crippen LogP contribution in [-0.2, 0) is 16.7 Å². The lowest BCUT2D eigenvalue weighted by Gasteiger charge is -2.46. The Bertz CT molecular complexity index is 826. The summed E-state index contributed by atoms with van der Waals surface area (Å²) in [6.45, 7) is 2.45. The smallest absolute Gasteiger partial charge is 0.101 e. The molecule has 1 atom stereocenters. The van der Waals surface area contributed by atoms with Gasteiger partial charge in [-0.3, -0.25) is 9.97 Å². The van der Waals surface area contributed by atoms with E-state index in [1.165, 1.54) is 31.4 Å². The second-order valence-corrected chi connectivity index (χ2v) is 8.28. The Kier molecular flexibility index (Phi) is 5.70. The Balaban J connectivity index is 1.45. The van der Waals surface area contributed by atoms with E-state index in [0.717, 1.165) is 44.5 Å². The number of rotatable bonds is 6. The Morgan fingerprint density at radius 2 is 2.07 bits per heavy atom. The second-order valence-electron chi connectivity index (χ2n) is 8.28. The fraction of sp³-hybridized carbons (Fsp3) is 0.522. The normalized spacial score (nSPS) is 23.5. The van der Waals surface area contributed by atoms with E-state index in [0.29, 0.717) is 5.56 Å². The van der Waals surface area contributed by atoms with Crippen LogP contribution in [0.5, 0.6) is 0 Å². The zero-order valence-electron chi connectivity index (χ0n) is 16.4. The van der Waals surface area contributed by atoms with E-state index in [9.17, 15) is 0 Å². The molecule has 3 heterocycles. The molecule has 0 amide bonds. The lowest BCUT2D eigenvalue weighted by atomic mass is 9.68. The first-order valence-electron chi connectivity index (χ1n) is 10.3. The maximum Gasteiger partial charge on any atom is 0.101 e. The summed E-state index contributed by atoms with van der Waals surface area (Å²) >= 11 is 0. The molecule has 2 aromatic rings. The highest BCUT2D eigenvalue weighted by Crippen LogP contribution is 2.49. The molecule has 5 nitrogen and oxygen atoms in total. The second kappa shape index (κ2) is 8.38. The minimum Gasteiger partial charge on any atom is -0.375 e. The number of pyridine rings is 2. The van der Waals surface area contributed by atoms with Gasteiger partial charge in [0, 0.05) is 42.9 Å². The summed E-state index contributed by atoms with van der Waals surface area (Å²) in [5, 5.41) is 12.6. The Labute approximate surface area is 167 Å². The zero-order valence-corrected chi connectivity index (χ0v) is 16.4. The summed E-state index contributed by atoms with van der Waals surface area (Å²) in [5.74, 6) is 0. The molecule has 146 valence electrons. The summed E-state index contributed by atoms with van der Waals surface area (Å²) < 4.78 is 6.32. The minimum atomic E-state index is 0.0564. The molecule has 1 spiro atoms. The van der Waals surface area contributed by atoms with Crippen LogP contribution in [-0.4, -0.2) is 28.7 Å². The van der Waals surface area contributed by atoms with Gasteiger partial charge in [-0.1, -0.05) is 18.9 Å². The van der Waals surface area contributed by atoms with Crippen molar-refractivity contribution in [2.24, 2.45) is 0 Å². The molecule has 0 aromatic carbocycles. The first kappa shape index (κ1) is 19.0. The van der Waals surface area contributed by atoms with Crippen LogP contribution in [0, 0.1) is 11.3 Å². The lowest BCUT2D eigenvalue weighted by molar-refractivity contribution is -0.104. The van der Waals surface area contributed by atoms with Crippen LogP contribution in [0.25, 0.3) is 0 Å². The van der Waals surface area contributed by atoms with E-state index in [1.807, 2.05) is 24.5 Å². The molecule has 5 heteroatoms. The van der Waals surface area contributed by atoms with E-state index < -0.39 is 0 Å². The monoisotopic (exact) mass is 376 g/mol. The third-order valence-electron chi connectivity index (χ3n) is 6.41. The highest BCUT2D eigenvalue weighted by atomic mass is 16.5. The van der Waals surface area contributed by atoms with E-state index >= 15 is 0 Å². The number of hydrogen-bond acceptors (Lipinski definition) is 5. The topological polar surface area (TPSA) is 70.8 Å². The Morgan fingerprint density at radius 3 is 2.86 bits per heavy atom. The highest BCUT2D eigenvalue weighted by Gasteiger charge is 2.48. The van der Waals surface area contributed by atoms with Crippen molar-refractivity contribution in [3.05, 3.63) is 59.7 Å². The van der Waals surface area contributed by atoms with Crippen molar-refractivity contribution in [2.75, 3.05) is 13.2 Å². The predicted octanol–water partition coefficient (Wildman–Crippen LogP) is 3.89. The summed E-state index contributed by atoms with van der Waals surface area (Å²) in [5.41, 5.74) is 2.99. The van der Waals surface area contributed by atoms with E-state index in [1.54, 1.807) is 6.20 Å². The molecule has 1 saturated heterocycles. The van der Waals surface area contributed by atoms with Crippen LogP contribution in [0.1, 0.15) is 61.8 Å². The van der Waals surface area contributed by atoms with Crippen molar-refractivity contribution < 1.29 is 4.74 Å². The van der Waals surface area contributed by atoms with Gasteiger partial charge in [-0.25, -0.2) is 0 Å². The molecule has 28 heavy (non-hydrogen) atoms. The van der Waals surface area contributed by atoms with E-state index in [-0.39, 0.29) is 11.0 Å². The number of nitrogens with zero attached hydrogens (tertiary/aromatic N) is 3. The molecular formula is C23H28N4O. The minimum absolute atomic E-state index is 0.0564. The molecular weight excluding hydrogens is 348 g/mol. The Hall–Kier alpha value is -2.29. The molecule has 1 aliphatic heterocycles. The third-order valence-corrected chi connectivity index (χ3v) is 6.41. The van der Waals surface area contributed by atoms with Crippen molar-refractivity contribution >= 4 is 0 Å². The summed E-state index contributed by atoms with van der Waals surface area (Å²) in [4.78, 5) is 8.90. The molecule has 1 aliphatic carbocycles. The van der Waals surface area contributed by atoms with Gasteiger partial charge in [0.1, 0.15) is 6.07 Å². The summed E-state index contributed by atoms with van der Waals surface area (Å²) in [7, 11) is 0. The van der Waals surface area contributed by atoms with Gasteiger partial charge in [0.15, 0.2) is 0 Å². The predicted molar refractivity (Wildman–Crippen MR) is 108 cm³/mol. The number of aromatic nitrogens is 2. The molecule has 2 aliphatic rings. The average Bonchev–Trinajstić information content (AvgIpc) is 3.19. The molecule has 4 rings (SSSR count). The number of nitriles is 1. The number of ether oxygens (including phenoxy) is 1. The van der Waals surface area contributed by atoms with Crippen molar-refractivity contribution in [3.63, 3.8) is 0 Å². The van der Waals surface area contributed by atoms with Crippen molar-refractivity contribution in [2.45, 2.75) is 62.5 Å². The van der Waals surface area contributed by atoms with Crippen LogP contribution >= 0.6 is 0 Å². The molecule has 0 radical (unpaired) electrons. The molecule has 1 saturated carbocycles. The van der Waals surface area contributed by atoms with Gasteiger partial charge in [0.05, 0.1) is 11.2 Å². The SMILES string of the molecule is N#Cc1cncc(CNCC[C@@]2(c3ccccn3)CCOC3(CCCC3)C2)c1. The lowest BCUT2D eigenvalue weighted by Crippen LogP contribution is -2.47. The first-order valence-corrected chi connectivity index (χ1v) is 10.3. The highest BCUT2D eigenvalue weighted by molar-refractivity contribution is 5.29. The van der Waals surface area contributed by atoms with Crippen LogP contribution in [0.3, 0.4) is 0 Å². The maximum atomic E-state index is 9.04. The van der Waals surface area contributed by atoms with Crippen LogP contribution < -0.4 is 5.32 Å². The van der Waals surface area contributed by atoms with E-state index in [2.05, 4.69) is 28.5 Å². The molecule has 0 unspecified atom stereocenters. The van der Waals surface area contributed by atoms with Crippen molar-refractivity contribution in [1.82, 2.24) is 15.3 Å². The third kappa shape index (κ3) is 4.09. The van der Waals surface area contributed by atoms with Gasteiger partial charge in [0.2, 0.25) is 0 Å². The molecule has 1 N–H and O–H groups in total. The van der Waals surface area contributed by atoms with Gasteiger partial charge in [-0.05, 0) is 62.4 Å². The van der Waals surface area contributed by atoms with Gasteiger partial charge < -0.3 is 10.1 Å². The van der Waals surface area contributed by atoms with Crippen LogP contribution in [0.15, 0.2) is 42.9 Å². The quantitative estimate of drug-likeness (QED) is 0.775. The first-order chi connectivity index (χ1) is 13.7. The average molecular weight is 377 g/mol. The molecule has 2 fully saturated rings. The molecule has 0 bridgehead atoms. The summed E-state index contributed by atoms with van der Waals surface area (Å²) in [6.07, 6.45) is 13.4. The number of hydrogen-bond donors (Lipinski definition) is 1. The standard InChI is InChI=1S/C23H28N4O/c24-14-19-13-20(17-26-15-19)16-25-11-8-22(21-5-1-4-10-27-21)9-12-28-23(18-22)6-2-3-7-23/h1,4-5,10,13,15,17,25H,2-3,6-9,11-12,16,18H2/t22-/m1/s1. The fourth-order valence-corrected chi connectivity index (χ4v) is 5.00. The summed E-state index contributed by atoms with van der Waals surface area (Å²) in [6, 6.07) is 10.3. The van der Waals surface area contributed by atoms with Crippen LogP contribution in [0.2, 0.25) is 0 Å². The Morgan fingerprint density at radius 1 is 1.18 bits per heavy atom. The van der Waals surface area contributed by atoms with Crippen molar-refractivity contribution in [3.8, 4) is 6.07 Å². The van der Waals surface area contributed by atoms with Gasteiger partial charge >= 0.3 is 0 Å².